The highest BCUT2D eigenvalue weighted by Crippen LogP contribution is 2.43. The topological polar surface area (TPSA) is 108 Å². The van der Waals surface area contributed by atoms with E-state index >= 15 is 0 Å². The van der Waals surface area contributed by atoms with Crippen LogP contribution in [-0.2, 0) is 32.7 Å². The summed E-state index contributed by atoms with van der Waals surface area (Å²) >= 11 is 0. The third-order valence-electron chi connectivity index (χ3n) is 17.7. The van der Waals surface area contributed by atoms with Gasteiger partial charge in [0.1, 0.15) is 19.8 Å². The van der Waals surface area contributed by atoms with Gasteiger partial charge in [0.25, 0.3) is 0 Å². The molecule has 0 radical (unpaired) electrons. The average Bonchev–Trinajstić information content (AvgIpc) is 3.68. The van der Waals surface area contributed by atoms with E-state index in [-0.39, 0.29) is 25.6 Å². The molecule has 0 saturated heterocycles. The molecule has 1 N–H and O–H groups in total. The predicted octanol–water partition coefficient (Wildman–Crippen LogP) is 25.2. The van der Waals surface area contributed by atoms with Crippen LogP contribution in [0, 0.1) is 0 Å². The lowest BCUT2D eigenvalue weighted by atomic mass is 10.0. The summed E-state index contributed by atoms with van der Waals surface area (Å²) in [6, 6.07) is 0. The van der Waals surface area contributed by atoms with E-state index in [0.29, 0.717) is 17.4 Å². The first-order valence-corrected chi connectivity index (χ1v) is 40.1. The van der Waals surface area contributed by atoms with Gasteiger partial charge in [0.05, 0.1) is 27.7 Å². The van der Waals surface area contributed by atoms with Crippen LogP contribution in [0.4, 0.5) is 0 Å². The molecule has 0 aromatic carbocycles. The Labute approximate surface area is 542 Å². The van der Waals surface area contributed by atoms with Crippen LogP contribution in [0.15, 0.2) is 24.3 Å². The van der Waals surface area contributed by atoms with E-state index in [2.05, 4.69) is 38.2 Å². The lowest BCUT2D eigenvalue weighted by Crippen LogP contribution is -2.37. The van der Waals surface area contributed by atoms with E-state index in [9.17, 15) is 19.0 Å². The molecule has 2 unspecified atom stereocenters. The first kappa shape index (κ1) is 85.5. The van der Waals surface area contributed by atoms with Gasteiger partial charge in [-0.3, -0.25) is 18.6 Å². The van der Waals surface area contributed by atoms with Crippen LogP contribution >= 0.6 is 7.82 Å². The normalized spacial score (nSPS) is 13.1. The number of nitrogens with zero attached hydrogens (tertiary/aromatic N) is 1. The minimum atomic E-state index is -4.39. The summed E-state index contributed by atoms with van der Waals surface area (Å²) < 4.78 is 34.8. The first-order chi connectivity index (χ1) is 42.5. The SMILES string of the molecule is CCCCCCC/C=C\C/C=C\CCCCCCCCCCCCCCCCCCCCCCCCCCCCCC(=O)OC(COC(=O)CCCCCCCCCCCCCCCCCCCCCCCCCC)COP(=O)(O)OCC[N+](C)(C)C. The summed E-state index contributed by atoms with van der Waals surface area (Å²) in [5.74, 6) is -0.769. The smallest absolute Gasteiger partial charge is 0.462 e. The zero-order valence-electron chi connectivity index (χ0n) is 59.0. The Morgan fingerprint density at radius 3 is 0.908 bits per heavy atom. The quantitative estimate of drug-likeness (QED) is 0.0211. The van der Waals surface area contributed by atoms with Crippen molar-refractivity contribution in [2.24, 2.45) is 0 Å². The molecule has 0 aromatic rings. The molecular formula is C77H151NO8P+. The number of allylic oxidation sites excluding steroid dienone is 4. The molecule has 0 aliphatic heterocycles. The second-order valence-corrected chi connectivity index (χ2v) is 29.2. The lowest BCUT2D eigenvalue weighted by molar-refractivity contribution is -0.870. The zero-order chi connectivity index (χ0) is 63.4. The summed E-state index contributed by atoms with van der Waals surface area (Å²) in [5, 5.41) is 0. The molecule has 0 aromatic heterocycles. The Balaban J connectivity index is 3.88. The number of rotatable bonds is 73. The number of likely N-dealkylation sites (N-methyl/N-ethyl adjacent to an activating group) is 1. The molecule has 87 heavy (non-hydrogen) atoms. The number of phosphoric acid groups is 1. The largest absolute Gasteiger partial charge is 0.472 e. The molecule has 0 spiro atoms. The van der Waals surface area contributed by atoms with Crippen molar-refractivity contribution in [3.05, 3.63) is 24.3 Å². The number of unbranched alkanes of at least 4 members (excludes halogenated alkanes) is 55. The third kappa shape index (κ3) is 73.4. The minimum absolute atomic E-state index is 0.0365. The molecule has 0 bridgehead atoms. The molecule has 0 aliphatic carbocycles. The summed E-state index contributed by atoms with van der Waals surface area (Å²) in [5.41, 5.74) is 0. The number of phosphoric ester groups is 1. The van der Waals surface area contributed by atoms with E-state index in [1.54, 1.807) is 0 Å². The fourth-order valence-electron chi connectivity index (χ4n) is 11.8. The maximum absolute atomic E-state index is 12.9. The monoisotopic (exact) mass is 1250 g/mol. The van der Waals surface area contributed by atoms with Crippen LogP contribution in [-0.4, -0.2) is 74.9 Å². The van der Waals surface area contributed by atoms with E-state index in [1.807, 2.05) is 21.1 Å². The second kappa shape index (κ2) is 68.8. The van der Waals surface area contributed by atoms with Gasteiger partial charge in [-0.25, -0.2) is 4.57 Å². The van der Waals surface area contributed by atoms with E-state index in [0.717, 1.165) is 44.9 Å². The van der Waals surface area contributed by atoms with Gasteiger partial charge in [-0.1, -0.05) is 372 Å². The van der Waals surface area contributed by atoms with Crippen molar-refractivity contribution >= 4 is 19.8 Å². The van der Waals surface area contributed by atoms with Crippen molar-refractivity contribution in [2.45, 2.75) is 412 Å². The summed E-state index contributed by atoms with van der Waals surface area (Å²) in [4.78, 5) is 35.9. The average molecular weight is 1250 g/mol. The highest BCUT2D eigenvalue weighted by Gasteiger charge is 2.27. The molecule has 0 amide bonds. The number of quaternary nitrogens is 1. The van der Waals surface area contributed by atoms with Crippen LogP contribution < -0.4 is 0 Å². The maximum atomic E-state index is 12.9. The molecule has 0 heterocycles. The Bertz CT molecular complexity index is 1510. The third-order valence-corrected chi connectivity index (χ3v) is 18.7. The molecule has 0 saturated carbocycles. The number of carbonyl (C=O) groups excluding carboxylic acids is 2. The molecule has 516 valence electrons. The van der Waals surface area contributed by atoms with Gasteiger partial charge in [0.2, 0.25) is 0 Å². The molecule has 0 fully saturated rings. The number of carbonyl (C=O) groups is 2. The molecule has 10 heteroatoms. The standard InChI is InChI=1S/C77H150NO8P/c1-6-8-10-12-14-16-18-20-22-24-26-28-30-32-33-34-35-36-37-38-39-40-41-42-43-44-45-46-48-50-52-54-56-58-60-62-64-66-68-70-77(80)86-75(74-85-87(81,82)84-72-71-78(3,4)5)73-83-76(79)69-67-65-63-61-59-57-55-53-51-49-47-31-29-27-25-23-21-19-17-15-13-11-9-7-2/h18,20,24,26,75H,6-17,19,21-23,25,27-74H2,1-5H3/p+1/b20-18-,26-24-. The van der Waals surface area contributed by atoms with Crippen molar-refractivity contribution in [1.29, 1.82) is 0 Å². The first-order valence-electron chi connectivity index (χ1n) is 38.6. The van der Waals surface area contributed by atoms with E-state index < -0.39 is 26.5 Å². The van der Waals surface area contributed by atoms with Crippen LogP contribution in [0.25, 0.3) is 0 Å². The van der Waals surface area contributed by atoms with Crippen LogP contribution in [0.5, 0.6) is 0 Å². The molecule has 0 aliphatic rings. The molecule has 2 atom stereocenters. The maximum Gasteiger partial charge on any atom is 0.472 e. The van der Waals surface area contributed by atoms with Gasteiger partial charge in [0.15, 0.2) is 6.10 Å². The Morgan fingerprint density at radius 2 is 0.621 bits per heavy atom. The van der Waals surface area contributed by atoms with Crippen molar-refractivity contribution < 1.29 is 42.1 Å². The van der Waals surface area contributed by atoms with Crippen molar-refractivity contribution in [3.63, 3.8) is 0 Å². The van der Waals surface area contributed by atoms with Crippen molar-refractivity contribution in [1.82, 2.24) is 0 Å². The van der Waals surface area contributed by atoms with Crippen LogP contribution in [0.1, 0.15) is 406 Å². The van der Waals surface area contributed by atoms with E-state index in [4.69, 9.17) is 18.5 Å². The molecule has 9 nitrogen and oxygen atoms in total. The summed E-state index contributed by atoms with van der Waals surface area (Å²) in [6.45, 7) is 4.51. The van der Waals surface area contributed by atoms with Gasteiger partial charge in [-0.15, -0.1) is 0 Å². The minimum Gasteiger partial charge on any atom is -0.462 e. The van der Waals surface area contributed by atoms with Crippen molar-refractivity contribution in [2.75, 3.05) is 47.5 Å². The molecule has 0 rings (SSSR count). The number of ether oxygens (including phenoxy) is 2. The number of hydrogen-bond donors (Lipinski definition) is 1. The Morgan fingerprint density at radius 1 is 0.356 bits per heavy atom. The summed E-state index contributed by atoms with van der Waals surface area (Å²) in [6.07, 6.45) is 87.5. The Kier molecular flexibility index (Phi) is 67.7. The van der Waals surface area contributed by atoms with E-state index in [1.165, 1.54) is 334 Å². The predicted molar refractivity (Wildman–Crippen MR) is 377 cm³/mol. The summed E-state index contributed by atoms with van der Waals surface area (Å²) in [7, 11) is 1.51. The number of esters is 2. The lowest BCUT2D eigenvalue weighted by Gasteiger charge is -2.24. The fraction of sp³-hybridized carbons (Fsp3) is 0.922. The van der Waals surface area contributed by atoms with Gasteiger partial charge < -0.3 is 18.9 Å². The Hall–Kier alpha value is -1.51. The molecular weight excluding hydrogens is 1100 g/mol. The number of hydrogen-bond acceptors (Lipinski definition) is 7. The van der Waals surface area contributed by atoms with Gasteiger partial charge in [-0.05, 0) is 44.9 Å². The second-order valence-electron chi connectivity index (χ2n) is 27.8. The van der Waals surface area contributed by atoms with Crippen molar-refractivity contribution in [3.8, 4) is 0 Å². The van der Waals surface area contributed by atoms with Gasteiger partial charge >= 0.3 is 19.8 Å². The fourth-order valence-corrected chi connectivity index (χ4v) is 12.6. The highest BCUT2D eigenvalue weighted by atomic mass is 31.2. The van der Waals surface area contributed by atoms with Gasteiger partial charge in [-0.2, -0.15) is 0 Å². The van der Waals surface area contributed by atoms with Crippen LogP contribution in [0.2, 0.25) is 0 Å². The highest BCUT2D eigenvalue weighted by molar-refractivity contribution is 7.47. The van der Waals surface area contributed by atoms with Gasteiger partial charge in [0, 0.05) is 12.8 Å². The zero-order valence-corrected chi connectivity index (χ0v) is 59.9. The van der Waals surface area contributed by atoms with Crippen LogP contribution in [0.3, 0.4) is 0 Å².